The van der Waals surface area contributed by atoms with E-state index in [4.69, 9.17) is 5.11 Å². The second kappa shape index (κ2) is 6.88. The van der Waals surface area contributed by atoms with Crippen LogP contribution < -0.4 is 10.6 Å². The minimum Gasteiger partial charge on any atom is -0.480 e. The van der Waals surface area contributed by atoms with Gasteiger partial charge in [0.05, 0.1) is 6.04 Å². The molecule has 1 aromatic carbocycles. The van der Waals surface area contributed by atoms with Crippen molar-refractivity contribution in [3.8, 4) is 0 Å². The molecule has 2 amide bonds. The lowest BCUT2D eigenvalue weighted by atomic mass is 10.1. The predicted octanol–water partition coefficient (Wildman–Crippen LogP) is 2.30. The summed E-state index contributed by atoms with van der Waals surface area (Å²) in [6.45, 7) is 5.10. The molecule has 20 heavy (non-hydrogen) atoms. The van der Waals surface area contributed by atoms with Crippen LogP contribution in [0.3, 0.4) is 0 Å². The first-order valence-electron chi connectivity index (χ1n) is 6.36. The fourth-order valence-corrected chi connectivity index (χ4v) is 1.75. The van der Waals surface area contributed by atoms with Gasteiger partial charge in [0.15, 0.2) is 0 Å². The van der Waals surface area contributed by atoms with Crippen molar-refractivity contribution in [2.75, 3.05) is 0 Å². The highest BCUT2D eigenvalue weighted by atomic mass is 19.1. The second-order valence-corrected chi connectivity index (χ2v) is 4.95. The van der Waals surface area contributed by atoms with Crippen LogP contribution in [-0.2, 0) is 4.79 Å². The number of hydrogen-bond acceptors (Lipinski definition) is 2. The Balaban J connectivity index is 2.64. The zero-order valence-corrected chi connectivity index (χ0v) is 11.7. The van der Waals surface area contributed by atoms with Gasteiger partial charge in [-0.25, -0.2) is 14.0 Å². The maximum atomic E-state index is 13.1. The molecule has 0 fully saturated rings. The molecule has 6 heteroatoms. The monoisotopic (exact) mass is 282 g/mol. The fourth-order valence-electron chi connectivity index (χ4n) is 1.75. The number of hydrogen-bond donors (Lipinski definition) is 3. The third kappa shape index (κ3) is 4.53. The molecule has 1 unspecified atom stereocenters. The van der Waals surface area contributed by atoms with E-state index in [9.17, 15) is 14.0 Å². The SMILES string of the molecule is CC(NC(=O)N[C@@H](C(=O)O)C(C)C)c1cccc(F)c1. The average Bonchev–Trinajstić information content (AvgIpc) is 2.35. The van der Waals surface area contributed by atoms with Crippen molar-refractivity contribution in [2.45, 2.75) is 32.9 Å². The summed E-state index contributed by atoms with van der Waals surface area (Å²) in [5.74, 6) is -1.71. The molecule has 5 nitrogen and oxygen atoms in total. The Labute approximate surface area is 117 Å². The molecule has 110 valence electrons. The number of carbonyl (C=O) groups is 2. The van der Waals surface area contributed by atoms with E-state index in [1.807, 2.05) is 0 Å². The maximum Gasteiger partial charge on any atom is 0.326 e. The van der Waals surface area contributed by atoms with Gasteiger partial charge in [0.1, 0.15) is 11.9 Å². The fraction of sp³-hybridized carbons (Fsp3) is 0.429. The highest BCUT2D eigenvalue weighted by molar-refractivity contribution is 5.82. The molecule has 1 aromatic rings. The lowest BCUT2D eigenvalue weighted by Crippen LogP contribution is -2.49. The van der Waals surface area contributed by atoms with Gasteiger partial charge in [-0.15, -0.1) is 0 Å². The van der Waals surface area contributed by atoms with Crippen molar-refractivity contribution >= 4 is 12.0 Å². The topological polar surface area (TPSA) is 78.4 Å². The lowest BCUT2D eigenvalue weighted by Gasteiger charge is -2.20. The molecule has 2 atom stereocenters. The zero-order valence-electron chi connectivity index (χ0n) is 11.7. The van der Waals surface area contributed by atoms with Crippen LogP contribution in [0, 0.1) is 11.7 Å². The van der Waals surface area contributed by atoms with Crippen molar-refractivity contribution in [1.82, 2.24) is 10.6 Å². The van der Waals surface area contributed by atoms with Crippen LogP contribution in [0.4, 0.5) is 9.18 Å². The van der Waals surface area contributed by atoms with Gasteiger partial charge in [0.25, 0.3) is 0 Å². The van der Waals surface area contributed by atoms with Gasteiger partial charge in [-0.05, 0) is 30.5 Å². The number of carboxylic acid groups (broad SMARTS) is 1. The largest absolute Gasteiger partial charge is 0.480 e. The van der Waals surface area contributed by atoms with Gasteiger partial charge in [0, 0.05) is 0 Å². The number of benzene rings is 1. The molecule has 3 N–H and O–H groups in total. The number of nitrogens with one attached hydrogen (secondary N) is 2. The quantitative estimate of drug-likeness (QED) is 0.775. The van der Waals surface area contributed by atoms with E-state index in [-0.39, 0.29) is 11.7 Å². The molecule has 1 rings (SSSR count). The van der Waals surface area contributed by atoms with Crippen molar-refractivity contribution < 1.29 is 19.1 Å². The molecular weight excluding hydrogens is 263 g/mol. The van der Waals surface area contributed by atoms with Gasteiger partial charge in [0.2, 0.25) is 0 Å². The van der Waals surface area contributed by atoms with Crippen LogP contribution in [-0.4, -0.2) is 23.1 Å². The standard InChI is InChI=1S/C14H19FN2O3/c1-8(2)12(13(18)19)17-14(20)16-9(3)10-5-4-6-11(15)7-10/h4-9,12H,1-3H3,(H,18,19)(H2,16,17,20)/t9?,12-/m1/s1. The highest BCUT2D eigenvalue weighted by Gasteiger charge is 2.24. The van der Waals surface area contributed by atoms with E-state index < -0.39 is 24.1 Å². The first kappa shape index (κ1) is 15.9. The maximum absolute atomic E-state index is 13.1. The highest BCUT2D eigenvalue weighted by Crippen LogP contribution is 2.13. The summed E-state index contributed by atoms with van der Waals surface area (Å²) in [5.41, 5.74) is 0.608. The molecule has 0 aliphatic rings. The smallest absolute Gasteiger partial charge is 0.326 e. The molecule has 0 radical (unpaired) electrons. The van der Waals surface area contributed by atoms with Crippen LogP contribution >= 0.6 is 0 Å². The van der Waals surface area contributed by atoms with Crippen molar-refractivity contribution in [1.29, 1.82) is 0 Å². The van der Waals surface area contributed by atoms with E-state index >= 15 is 0 Å². The molecule has 0 saturated carbocycles. The Hall–Kier alpha value is -2.11. The Morgan fingerprint density at radius 1 is 1.20 bits per heavy atom. The van der Waals surface area contributed by atoms with E-state index in [1.54, 1.807) is 32.9 Å². The number of rotatable bonds is 5. The van der Waals surface area contributed by atoms with E-state index in [1.165, 1.54) is 12.1 Å². The summed E-state index contributed by atoms with van der Waals surface area (Å²) < 4.78 is 13.1. The molecule has 0 spiro atoms. The molecule has 0 heterocycles. The minimum absolute atomic E-state index is 0.234. The van der Waals surface area contributed by atoms with Crippen LogP contribution in [0.1, 0.15) is 32.4 Å². The number of carbonyl (C=O) groups excluding carboxylic acids is 1. The van der Waals surface area contributed by atoms with Crippen LogP contribution in [0.15, 0.2) is 24.3 Å². The molecule has 0 bridgehead atoms. The minimum atomic E-state index is -1.09. The van der Waals surface area contributed by atoms with Gasteiger partial charge in [-0.2, -0.15) is 0 Å². The van der Waals surface area contributed by atoms with Gasteiger partial charge < -0.3 is 15.7 Å². The summed E-state index contributed by atoms with van der Waals surface area (Å²) in [6.07, 6.45) is 0. The van der Waals surface area contributed by atoms with E-state index in [2.05, 4.69) is 10.6 Å². The normalized spacial score (nSPS) is 13.7. The van der Waals surface area contributed by atoms with Crippen molar-refractivity contribution in [3.05, 3.63) is 35.6 Å². The van der Waals surface area contributed by atoms with Crippen LogP contribution in [0.5, 0.6) is 0 Å². The molecular formula is C14H19FN2O3. The average molecular weight is 282 g/mol. The summed E-state index contributed by atoms with van der Waals surface area (Å²) in [4.78, 5) is 22.7. The first-order valence-corrected chi connectivity index (χ1v) is 6.36. The molecule has 0 saturated heterocycles. The summed E-state index contributed by atoms with van der Waals surface area (Å²) in [5, 5.41) is 14.0. The first-order chi connectivity index (χ1) is 9.31. The molecule has 0 aliphatic heterocycles. The van der Waals surface area contributed by atoms with Gasteiger partial charge in [-0.3, -0.25) is 0 Å². The van der Waals surface area contributed by atoms with E-state index in [0.717, 1.165) is 0 Å². The predicted molar refractivity (Wildman–Crippen MR) is 72.7 cm³/mol. The molecule has 0 aromatic heterocycles. The Morgan fingerprint density at radius 3 is 2.35 bits per heavy atom. The van der Waals surface area contributed by atoms with Gasteiger partial charge >= 0.3 is 12.0 Å². The number of urea groups is 1. The number of amides is 2. The number of aliphatic carboxylic acids is 1. The summed E-state index contributed by atoms with van der Waals surface area (Å²) >= 11 is 0. The van der Waals surface area contributed by atoms with Crippen molar-refractivity contribution in [3.63, 3.8) is 0 Å². The zero-order chi connectivity index (χ0) is 15.3. The number of halogens is 1. The van der Waals surface area contributed by atoms with Crippen molar-refractivity contribution in [2.24, 2.45) is 5.92 Å². The lowest BCUT2D eigenvalue weighted by molar-refractivity contribution is -0.140. The van der Waals surface area contributed by atoms with Crippen LogP contribution in [0.2, 0.25) is 0 Å². The summed E-state index contributed by atoms with van der Waals surface area (Å²) in [6, 6.07) is 3.89. The Kier molecular flexibility index (Phi) is 5.49. The summed E-state index contributed by atoms with van der Waals surface area (Å²) in [7, 11) is 0. The molecule has 0 aliphatic carbocycles. The van der Waals surface area contributed by atoms with E-state index in [0.29, 0.717) is 5.56 Å². The van der Waals surface area contributed by atoms with Crippen LogP contribution in [0.25, 0.3) is 0 Å². The third-order valence-electron chi connectivity index (χ3n) is 2.92. The Bertz CT molecular complexity index is 491. The third-order valence-corrected chi connectivity index (χ3v) is 2.92. The van der Waals surface area contributed by atoms with Gasteiger partial charge in [-0.1, -0.05) is 26.0 Å². The second-order valence-electron chi connectivity index (χ2n) is 4.95. The number of carboxylic acids is 1. The Morgan fingerprint density at radius 2 is 1.85 bits per heavy atom.